The molecule has 1 aliphatic heterocycles. The largest absolute Gasteiger partial charge is 0.496 e. The molecule has 3 nitrogen and oxygen atoms in total. The summed E-state index contributed by atoms with van der Waals surface area (Å²) in [5, 5.41) is 0. The first-order valence-electron chi connectivity index (χ1n) is 5.97. The normalized spacial score (nSPS) is 16.5. The lowest BCUT2D eigenvalue weighted by molar-refractivity contribution is 0.288. The van der Waals surface area contributed by atoms with Crippen LogP contribution < -0.4 is 10.5 Å². The second-order valence-electron chi connectivity index (χ2n) is 4.28. The SMILES string of the molecule is COc1ccc(C(N)=S)cc1CN1CCSCC1. The van der Waals surface area contributed by atoms with Crippen LogP contribution in [0.25, 0.3) is 0 Å². The number of nitrogens with zero attached hydrogens (tertiary/aromatic N) is 1. The number of hydrogen-bond acceptors (Lipinski definition) is 4. The number of thioether (sulfide) groups is 1. The van der Waals surface area contributed by atoms with Gasteiger partial charge in [-0.25, -0.2) is 0 Å². The zero-order chi connectivity index (χ0) is 13.0. The second-order valence-corrected chi connectivity index (χ2v) is 5.94. The lowest BCUT2D eigenvalue weighted by Gasteiger charge is -2.27. The van der Waals surface area contributed by atoms with E-state index in [2.05, 4.69) is 4.90 Å². The summed E-state index contributed by atoms with van der Waals surface area (Å²) in [5.74, 6) is 3.32. The van der Waals surface area contributed by atoms with Gasteiger partial charge in [-0.15, -0.1) is 0 Å². The number of benzene rings is 1. The van der Waals surface area contributed by atoms with Crippen LogP contribution >= 0.6 is 24.0 Å². The highest BCUT2D eigenvalue weighted by Gasteiger charge is 2.14. The molecule has 1 aromatic carbocycles. The lowest BCUT2D eigenvalue weighted by atomic mass is 10.1. The van der Waals surface area contributed by atoms with Gasteiger partial charge in [-0.3, -0.25) is 4.90 Å². The number of ether oxygens (including phenoxy) is 1. The summed E-state index contributed by atoms with van der Waals surface area (Å²) in [5.41, 5.74) is 7.75. The number of nitrogens with two attached hydrogens (primary N) is 1. The first-order valence-corrected chi connectivity index (χ1v) is 7.54. The maximum Gasteiger partial charge on any atom is 0.123 e. The van der Waals surface area contributed by atoms with E-state index in [1.165, 1.54) is 11.5 Å². The molecule has 98 valence electrons. The Hall–Kier alpha value is -0.780. The summed E-state index contributed by atoms with van der Waals surface area (Å²) in [4.78, 5) is 2.88. The topological polar surface area (TPSA) is 38.5 Å². The maximum absolute atomic E-state index is 5.68. The molecular formula is C13H18N2OS2. The molecule has 1 saturated heterocycles. The van der Waals surface area contributed by atoms with E-state index < -0.39 is 0 Å². The van der Waals surface area contributed by atoms with Crippen LogP contribution in [0.4, 0.5) is 0 Å². The molecule has 0 aliphatic carbocycles. The van der Waals surface area contributed by atoms with E-state index in [4.69, 9.17) is 22.7 Å². The lowest BCUT2D eigenvalue weighted by Crippen LogP contribution is -2.32. The first kappa shape index (κ1) is 13.6. The van der Waals surface area contributed by atoms with Gasteiger partial charge in [0.15, 0.2) is 0 Å². The molecule has 2 rings (SSSR count). The van der Waals surface area contributed by atoms with Gasteiger partial charge in [0.1, 0.15) is 10.7 Å². The van der Waals surface area contributed by atoms with Gasteiger partial charge in [0.05, 0.1) is 7.11 Å². The van der Waals surface area contributed by atoms with Crippen LogP contribution in [0.15, 0.2) is 18.2 Å². The van der Waals surface area contributed by atoms with Crippen LogP contribution in [-0.2, 0) is 6.54 Å². The molecule has 5 heteroatoms. The van der Waals surface area contributed by atoms with Gasteiger partial charge in [0, 0.05) is 42.3 Å². The summed E-state index contributed by atoms with van der Waals surface area (Å²) < 4.78 is 5.41. The van der Waals surface area contributed by atoms with Crippen molar-refractivity contribution in [1.29, 1.82) is 0 Å². The van der Waals surface area contributed by atoms with E-state index in [-0.39, 0.29) is 0 Å². The summed E-state index contributed by atoms with van der Waals surface area (Å²) in [7, 11) is 1.70. The third kappa shape index (κ3) is 3.37. The Morgan fingerprint density at radius 1 is 1.44 bits per heavy atom. The average Bonchev–Trinajstić information content (AvgIpc) is 2.39. The minimum absolute atomic E-state index is 0.438. The van der Waals surface area contributed by atoms with E-state index in [1.807, 2.05) is 30.0 Å². The Balaban J connectivity index is 2.17. The fraction of sp³-hybridized carbons (Fsp3) is 0.462. The zero-order valence-corrected chi connectivity index (χ0v) is 12.1. The third-order valence-electron chi connectivity index (χ3n) is 3.06. The minimum Gasteiger partial charge on any atom is -0.496 e. The van der Waals surface area contributed by atoms with E-state index in [1.54, 1.807) is 7.11 Å². The third-order valence-corrected chi connectivity index (χ3v) is 4.24. The highest BCUT2D eigenvalue weighted by atomic mass is 32.2. The van der Waals surface area contributed by atoms with Crippen LogP contribution in [-0.4, -0.2) is 41.6 Å². The van der Waals surface area contributed by atoms with E-state index >= 15 is 0 Å². The van der Waals surface area contributed by atoms with Crippen LogP contribution in [0.2, 0.25) is 0 Å². The molecule has 18 heavy (non-hydrogen) atoms. The number of rotatable bonds is 4. The Bertz CT molecular complexity index is 431. The average molecular weight is 282 g/mol. The van der Waals surface area contributed by atoms with Crippen molar-refractivity contribution in [3.63, 3.8) is 0 Å². The summed E-state index contributed by atoms with van der Waals surface area (Å²) in [6.07, 6.45) is 0. The Labute approximate surface area is 118 Å². The number of hydrogen-bond donors (Lipinski definition) is 1. The predicted molar refractivity (Wildman–Crippen MR) is 81.5 cm³/mol. The van der Waals surface area contributed by atoms with Gasteiger partial charge in [-0.05, 0) is 18.2 Å². The van der Waals surface area contributed by atoms with E-state index in [0.29, 0.717) is 4.99 Å². The first-order chi connectivity index (χ1) is 8.70. The van der Waals surface area contributed by atoms with Crippen molar-refractivity contribution in [2.24, 2.45) is 5.73 Å². The highest BCUT2D eigenvalue weighted by Crippen LogP contribution is 2.23. The summed E-state index contributed by atoms with van der Waals surface area (Å²) >= 11 is 7.04. The van der Waals surface area contributed by atoms with Crippen LogP contribution in [0.1, 0.15) is 11.1 Å². The van der Waals surface area contributed by atoms with Gasteiger partial charge < -0.3 is 10.5 Å². The molecule has 0 aromatic heterocycles. The Morgan fingerprint density at radius 3 is 2.78 bits per heavy atom. The van der Waals surface area contributed by atoms with Crippen molar-refractivity contribution in [3.05, 3.63) is 29.3 Å². The van der Waals surface area contributed by atoms with Gasteiger partial charge in [0.25, 0.3) is 0 Å². The van der Waals surface area contributed by atoms with E-state index in [0.717, 1.165) is 36.5 Å². The molecule has 0 bridgehead atoms. The Morgan fingerprint density at radius 2 is 2.17 bits per heavy atom. The predicted octanol–water partition coefficient (Wildman–Crippen LogP) is 1.88. The van der Waals surface area contributed by atoms with Gasteiger partial charge >= 0.3 is 0 Å². The second kappa shape index (κ2) is 6.41. The van der Waals surface area contributed by atoms with Gasteiger partial charge in [0.2, 0.25) is 0 Å². The van der Waals surface area contributed by atoms with Crippen LogP contribution in [0.5, 0.6) is 5.75 Å². The monoisotopic (exact) mass is 282 g/mol. The zero-order valence-electron chi connectivity index (χ0n) is 10.5. The molecule has 0 amide bonds. The van der Waals surface area contributed by atoms with Gasteiger partial charge in [-0.2, -0.15) is 11.8 Å². The molecule has 0 spiro atoms. The fourth-order valence-electron chi connectivity index (χ4n) is 2.06. The van der Waals surface area contributed by atoms with E-state index in [9.17, 15) is 0 Å². The fourth-order valence-corrected chi connectivity index (χ4v) is 3.16. The van der Waals surface area contributed by atoms with Crippen molar-refractivity contribution in [2.75, 3.05) is 31.7 Å². The molecule has 0 atom stereocenters. The van der Waals surface area contributed by atoms with Crippen molar-refractivity contribution in [3.8, 4) is 5.75 Å². The number of thiocarbonyl (C=S) groups is 1. The summed E-state index contributed by atoms with van der Waals surface area (Å²) in [6, 6.07) is 5.90. The molecule has 0 radical (unpaired) electrons. The molecule has 0 unspecified atom stereocenters. The molecule has 2 N–H and O–H groups in total. The van der Waals surface area contributed by atoms with Crippen molar-refractivity contribution >= 4 is 29.0 Å². The maximum atomic E-state index is 5.68. The molecule has 1 aliphatic rings. The molecule has 1 heterocycles. The summed E-state index contributed by atoms with van der Waals surface area (Å²) in [6.45, 7) is 3.16. The quantitative estimate of drug-likeness (QED) is 0.854. The molecule has 0 saturated carbocycles. The van der Waals surface area contributed by atoms with Crippen molar-refractivity contribution in [2.45, 2.75) is 6.54 Å². The van der Waals surface area contributed by atoms with Crippen LogP contribution in [0, 0.1) is 0 Å². The number of methoxy groups -OCH3 is 1. The molecule has 1 fully saturated rings. The minimum atomic E-state index is 0.438. The van der Waals surface area contributed by atoms with Gasteiger partial charge in [-0.1, -0.05) is 12.2 Å². The molecular weight excluding hydrogens is 264 g/mol. The van der Waals surface area contributed by atoms with Crippen LogP contribution in [0.3, 0.4) is 0 Å². The smallest absolute Gasteiger partial charge is 0.123 e. The van der Waals surface area contributed by atoms with Crippen molar-refractivity contribution < 1.29 is 4.74 Å². The Kier molecular flexibility index (Phi) is 4.86. The molecule has 1 aromatic rings. The van der Waals surface area contributed by atoms with Crippen molar-refractivity contribution in [1.82, 2.24) is 4.90 Å². The highest BCUT2D eigenvalue weighted by molar-refractivity contribution is 7.99. The standard InChI is InChI=1S/C13H18N2OS2/c1-16-12-3-2-10(13(14)17)8-11(12)9-15-4-6-18-7-5-15/h2-3,8H,4-7,9H2,1H3,(H2,14,17).